The van der Waals surface area contributed by atoms with Gasteiger partial charge in [0.05, 0.1) is 12.1 Å². The van der Waals surface area contributed by atoms with Gasteiger partial charge in [-0.15, -0.1) is 0 Å². The third-order valence-electron chi connectivity index (χ3n) is 3.91. The molecule has 0 bridgehead atoms. The minimum Gasteiger partial charge on any atom is -0.387 e. The summed E-state index contributed by atoms with van der Waals surface area (Å²) in [5.74, 6) is 0. The molecule has 5 nitrogen and oxygen atoms in total. The number of nitrogens with one attached hydrogen (secondary N) is 2. The van der Waals surface area contributed by atoms with Gasteiger partial charge in [-0.3, -0.25) is 4.98 Å². The van der Waals surface area contributed by atoms with Crippen LogP contribution in [-0.4, -0.2) is 22.7 Å². The molecule has 1 aromatic carbocycles. The summed E-state index contributed by atoms with van der Waals surface area (Å²) in [6.45, 7) is 6.16. The summed E-state index contributed by atoms with van der Waals surface area (Å²) < 4.78 is 0. The molecule has 3 N–H and O–H groups in total. The number of hydrogen-bond donors (Lipinski definition) is 3. The normalized spacial score (nSPS) is 13.2. The van der Waals surface area contributed by atoms with Crippen LogP contribution in [0.4, 0.5) is 4.79 Å². The van der Waals surface area contributed by atoms with Crippen LogP contribution in [0.3, 0.4) is 0 Å². The fourth-order valence-corrected chi connectivity index (χ4v) is 2.74. The smallest absolute Gasteiger partial charge is 0.315 e. The minimum atomic E-state index is -0.727. The number of aromatic nitrogens is 1. The highest BCUT2D eigenvalue weighted by molar-refractivity contribution is 5.74. The van der Waals surface area contributed by atoms with E-state index in [9.17, 15) is 9.90 Å². The number of urea groups is 1. The predicted octanol–water partition coefficient (Wildman–Crippen LogP) is 3.18. The average molecular weight is 327 g/mol. The third kappa shape index (κ3) is 5.06. The van der Waals surface area contributed by atoms with Gasteiger partial charge in [0, 0.05) is 18.9 Å². The van der Waals surface area contributed by atoms with Crippen molar-refractivity contribution in [2.24, 2.45) is 0 Å². The quantitative estimate of drug-likeness (QED) is 0.763. The number of nitrogens with zero attached hydrogens (tertiary/aromatic N) is 1. The van der Waals surface area contributed by atoms with E-state index in [1.54, 1.807) is 12.4 Å². The van der Waals surface area contributed by atoms with Crippen LogP contribution in [0.1, 0.15) is 47.7 Å². The first kappa shape index (κ1) is 17.9. The van der Waals surface area contributed by atoms with E-state index in [0.29, 0.717) is 0 Å². The topological polar surface area (TPSA) is 74.2 Å². The van der Waals surface area contributed by atoms with Crippen molar-refractivity contribution in [3.05, 3.63) is 65.0 Å². The fraction of sp³-hybridized carbons (Fsp3) is 0.368. The van der Waals surface area contributed by atoms with Crippen LogP contribution in [0.5, 0.6) is 0 Å². The van der Waals surface area contributed by atoms with E-state index >= 15 is 0 Å². The summed E-state index contributed by atoms with van der Waals surface area (Å²) >= 11 is 0. The zero-order valence-corrected chi connectivity index (χ0v) is 14.4. The number of amides is 2. The van der Waals surface area contributed by atoms with E-state index in [1.165, 1.54) is 0 Å². The van der Waals surface area contributed by atoms with Gasteiger partial charge in [0.2, 0.25) is 0 Å². The lowest BCUT2D eigenvalue weighted by atomic mass is 10.0. The monoisotopic (exact) mass is 327 g/mol. The molecule has 0 radical (unpaired) electrons. The van der Waals surface area contributed by atoms with Gasteiger partial charge in [0.15, 0.2) is 0 Å². The van der Waals surface area contributed by atoms with E-state index in [1.807, 2.05) is 45.0 Å². The zero-order chi connectivity index (χ0) is 17.5. The number of aryl methyl sites for hydroxylation is 2. The molecule has 1 heterocycles. The average Bonchev–Trinajstić information content (AvgIpc) is 2.57. The molecule has 24 heavy (non-hydrogen) atoms. The van der Waals surface area contributed by atoms with Gasteiger partial charge in [-0.2, -0.15) is 0 Å². The largest absolute Gasteiger partial charge is 0.387 e. The molecular weight excluding hydrogens is 302 g/mol. The summed E-state index contributed by atoms with van der Waals surface area (Å²) in [6, 6.07) is 9.33. The van der Waals surface area contributed by atoms with Crippen molar-refractivity contribution in [2.75, 3.05) is 6.54 Å². The first-order chi connectivity index (χ1) is 11.5. The van der Waals surface area contributed by atoms with Crippen LogP contribution in [0.25, 0.3) is 0 Å². The van der Waals surface area contributed by atoms with Crippen molar-refractivity contribution in [1.82, 2.24) is 15.6 Å². The third-order valence-corrected chi connectivity index (χ3v) is 3.91. The summed E-state index contributed by atoms with van der Waals surface area (Å²) in [6.07, 6.45) is 3.47. The van der Waals surface area contributed by atoms with Gasteiger partial charge < -0.3 is 15.7 Å². The Morgan fingerprint density at radius 2 is 1.75 bits per heavy atom. The summed E-state index contributed by atoms with van der Waals surface area (Å²) in [7, 11) is 0. The maximum Gasteiger partial charge on any atom is 0.315 e. The maximum absolute atomic E-state index is 12.1. The van der Waals surface area contributed by atoms with Crippen molar-refractivity contribution in [3.63, 3.8) is 0 Å². The van der Waals surface area contributed by atoms with Crippen molar-refractivity contribution in [2.45, 2.75) is 39.3 Å². The molecule has 0 saturated carbocycles. The molecule has 0 fully saturated rings. The minimum absolute atomic E-state index is 0.0774. The summed E-state index contributed by atoms with van der Waals surface area (Å²) in [5, 5.41) is 15.9. The van der Waals surface area contributed by atoms with E-state index in [-0.39, 0.29) is 18.6 Å². The van der Waals surface area contributed by atoms with Gasteiger partial charge in [0.1, 0.15) is 0 Å². The van der Waals surface area contributed by atoms with Crippen LogP contribution >= 0.6 is 0 Å². The van der Waals surface area contributed by atoms with E-state index in [0.717, 1.165) is 28.7 Å². The van der Waals surface area contributed by atoms with Gasteiger partial charge in [0.25, 0.3) is 0 Å². The van der Waals surface area contributed by atoms with E-state index < -0.39 is 6.10 Å². The molecule has 1 aromatic heterocycles. The standard InChI is InChI=1S/C19H25N3O2/c1-4-17(15-5-7-20-8-6-15)22-19(24)21-12-18(23)16-10-13(2)9-14(3)11-16/h5-11,17-18,23H,4,12H2,1-3H3,(H2,21,22,24). The molecule has 2 unspecified atom stereocenters. The highest BCUT2D eigenvalue weighted by atomic mass is 16.3. The molecule has 0 saturated heterocycles. The van der Waals surface area contributed by atoms with Gasteiger partial charge in [-0.05, 0) is 43.5 Å². The molecule has 0 aliphatic carbocycles. The lowest BCUT2D eigenvalue weighted by Crippen LogP contribution is -2.39. The van der Waals surface area contributed by atoms with Crippen LogP contribution in [0, 0.1) is 13.8 Å². The first-order valence-corrected chi connectivity index (χ1v) is 8.20. The Bertz CT molecular complexity index is 653. The number of carbonyl (C=O) groups excluding carboxylic acids is 1. The lowest BCUT2D eigenvalue weighted by molar-refractivity contribution is 0.172. The number of aliphatic hydroxyl groups excluding tert-OH is 1. The Kier molecular flexibility index (Phi) is 6.32. The Labute approximate surface area is 143 Å². The van der Waals surface area contributed by atoms with Crippen molar-refractivity contribution >= 4 is 6.03 Å². The van der Waals surface area contributed by atoms with Crippen LogP contribution in [0.2, 0.25) is 0 Å². The van der Waals surface area contributed by atoms with Crippen LogP contribution in [-0.2, 0) is 0 Å². The van der Waals surface area contributed by atoms with Crippen molar-refractivity contribution < 1.29 is 9.90 Å². The molecule has 5 heteroatoms. The Balaban J connectivity index is 1.90. The van der Waals surface area contributed by atoms with Gasteiger partial charge in [-0.1, -0.05) is 36.2 Å². The van der Waals surface area contributed by atoms with Gasteiger partial charge in [-0.25, -0.2) is 4.79 Å². The highest BCUT2D eigenvalue weighted by Crippen LogP contribution is 2.17. The first-order valence-electron chi connectivity index (χ1n) is 8.20. The number of hydrogen-bond acceptors (Lipinski definition) is 3. The predicted molar refractivity (Wildman–Crippen MR) is 94.7 cm³/mol. The van der Waals surface area contributed by atoms with Gasteiger partial charge >= 0.3 is 6.03 Å². The second kappa shape index (κ2) is 8.45. The van der Waals surface area contributed by atoms with Crippen LogP contribution in [0.15, 0.2) is 42.7 Å². The second-order valence-corrected chi connectivity index (χ2v) is 6.03. The summed E-state index contributed by atoms with van der Waals surface area (Å²) in [4.78, 5) is 16.1. The molecule has 0 spiro atoms. The number of pyridine rings is 1. The molecule has 2 atom stereocenters. The Morgan fingerprint density at radius 1 is 1.12 bits per heavy atom. The number of carbonyl (C=O) groups is 1. The molecule has 2 aromatic rings. The second-order valence-electron chi connectivity index (χ2n) is 6.03. The maximum atomic E-state index is 12.1. The van der Waals surface area contributed by atoms with Crippen molar-refractivity contribution in [3.8, 4) is 0 Å². The lowest BCUT2D eigenvalue weighted by Gasteiger charge is -2.19. The summed E-state index contributed by atoms with van der Waals surface area (Å²) in [5.41, 5.74) is 4.01. The molecule has 2 rings (SSSR count). The Morgan fingerprint density at radius 3 is 2.33 bits per heavy atom. The molecule has 2 amide bonds. The molecular formula is C19H25N3O2. The van der Waals surface area contributed by atoms with E-state index in [2.05, 4.69) is 21.7 Å². The number of benzene rings is 1. The number of aliphatic hydroxyl groups is 1. The number of rotatable bonds is 6. The molecule has 0 aliphatic heterocycles. The molecule has 0 aliphatic rings. The zero-order valence-electron chi connectivity index (χ0n) is 14.4. The van der Waals surface area contributed by atoms with Crippen molar-refractivity contribution in [1.29, 1.82) is 0 Å². The Hall–Kier alpha value is -2.40. The fourth-order valence-electron chi connectivity index (χ4n) is 2.74. The SMILES string of the molecule is CCC(NC(=O)NCC(O)c1cc(C)cc(C)c1)c1ccncc1. The highest BCUT2D eigenvalue weighted by Gasteiger charge is 2.14. The molecule has 128 valence electrons. The van der Waals surface area contributed by atoms with Crippen LogP contribution < -0.4 is 10.6 Å². The van der Waals surface area contributed by atoms with E-state index in [4.69, 9.17) is 0 Å².